The summed E-state index contributed by atoms with van der Waals surface area (Å²) in [7, 11) is -1.72. The Morgan fingerprint density at radius 1 is 0.917 bits per heavy atom. The summed E-state index contributed by atoms with van der Waals surface area (Å²) in [5.41, 5.74) is 2.10. The van der Waals surface area contributed by atoms with Gasteiger partial charge in [-0.3, -0.25) is 4.18 Å². The molecule has 2 aromatic rings. The van der Waals surface area contributed by atoms with Crippen molar-refractivity contribution < 1.29 is 22.1 Å². The number of hydrogen-bond acceptors (Lipinski definition) is 5. The predicted octanol–water partition coefficient (Wildman–Crippen LogP) is 2.84. The monoisotopic (exact) mass is 350 g/mol. The Hall–Kier alpha value is -2.05. The Morgan fingerprint density at radius 2 is 1.62 bits per heavy atom. The van der Waals surface area contributed by atoms with E-state index in [0.29, 0.717) is 13.0 Å². The molecule has 0 bridgehead atoms. The van der Waals surface area contributed by atoms with E-state index in [1.807, 2.05) is 48.5 Å². The van der Waals surface area contributed by atoms with E-state index in [2.05, 4.69) is 0 Å². The molecule has 0 heterocycles. The second kappa shape index (κ2) is 8.70. The van der Waals surface area contributed by atoms with Gasteiger partial charge in [0.2, 0.25) is 0 Å². The van der Waals surface area contributed by atoms with Crippen molar-refractivity contribution in [2.24, 2.45) is 0 Å². The minimum absolute atomic E-state index is 0.146. The molecule has 0 radical (unpaired) electrons. The third-order valence-electron chi connectivity index (χ3n) is 3.44. The number of benzene rings is 2. The SMILES string of the molecule is COc1ccccc1CCOc1ccc(CCOS(C)(=O)=O)cc1. The van der Waals surface area contributed by atoms with Crippen molar-refractivity contribution in [1.82, 2.24) is 0 Å². The lowest BCUT2D eigenvalue weighted by molar-refractivity contribution is 0.317. The highest BCUT2D eigenvalue weighted by atomic mass is 32.2. The van der Waals surface area contributed by atoms with Gasteiger partial charge in [-0.15, -0.1) is 0 Å². The Morgan fingerprint density at radius 3 is 2.29 bits per heavy atom. The van der Waals surface area contributed by atoms with Crippen LogP contribution in [0.1, 0.15) is 11.1 Å². The van der Waals surface area contributed by atoms with Gasteiger partial charge < -0.3 is 9.47 Å². The van der Waals surface area contributed by atoms with Gasteiger partial charge in [-0.05, 0) is 35.7 Å². The van der Waals surface area contributed by atoms with Crippen molar-refractivity contribution in [3.05, 3.63) is 59.7 Å². The van der Waals surface area contributed by atoms with E-state index in [1.165, 1.54) is 0 Å². The molecule has 0 saturated carbocycles. The zero-order valence-corrected chi connectivity index (χ0v) is 14.7. The predicted molar refractivity (Wildman–Crippen MR) is 93.1 cm³/mol. The lowest BCUT2D eigenvalue weighted by atomic mass is 10.1. The minimum Gasteiger partial charge on any atom is -0.496 e. The fourth-order valence-electron chi connectivity index (χ4n) is 2.25. The van der Waals surface area contributed by atoms with Crippen LogP contribution in [0.3, 0.4) is 0 Å². The van der Waals surface area contributed by atoms with Crippen LogP contribution < -0.4 is 9.47 Å². The van der Waals surface area contributed by atoms with Crippen LogP contribution in [0.25, 0.3) is 0 Å². The maximum atomic E-state index is 10.9. The van der Waals surface area contributed by atoms with E-state index in [1.54, 1.807) is 7.11 Å². The quantitative estimate of drug-likeness (QED) is 0.651. The van der Waals surface area contributed by atoms with E-state index in [0.717, 1.165) is 35.3 Å². The molecule has 0 fully saturated rings. The summed E-state index contributed by atoms with van der Waals surface area (Å²) < 4.78 is 37.6. The molecular formula is C18H22O5S. The molecule has 0 spiro atoms. The Labute approximate surface area is 143 Å². The van der Waals surface area contributed by atoms with Gasteiger partial charge in [0.15, 0.2) is 0 Å². The average molecular weight is 350 g/mol. The summed E-state index contributed by atoms with van der Waals surface area (Å²) in [6.07, 6.45) is 2.34. The van der Waals surface area contributed by atoms with Gasteiger partial charge in [0.25, 0.3) is 10.1 Å². The first-order valence-corrected chi connectivity index (χ1v) is 9.47. The molecule has 6 heteroatoms. The van der Waals surface area contributed by atoms with Gasteiger partial charge in [-0.25, -0.2) is 0 Å². The Balaban J connectivity index is 1.79. The van der Waals surface area contributed by atoms with Crippen LogP contribution in [0.15, 0.2) is 48.5 Å². The van der Waals surface area contributed by atoms with E-state index in [-0.39, 0.29) is 6.61 Å². The highest BCUT2D eigenvalue weighted by Crippen LogP contribution is 2.19. The van der Waals surface area contributed by atoms with Gasteiger partial charge in [-0.1, -0.05) is 30.3 Å². The Bertz CT molecular complexity index is 738. The standard InChI is InChI=1S/C18H22O5S/c1-21-18-6-4-3-5-16(18)12-13-22-17-9-7-15(8-10-17)11-14-23-24(2,19)20/h3-10H,11-14H2,1-2H3. The van der Waals surface area contributed by atoms with Crippen LogP contribution in [-0.2, 0) is 27.1 Å². The minimum atomic E-state index is -3.38. The Kier molecular flexibility index (Phi) is 6.63. The number of hydrogen-bond donors (Lipinski definition) is 0. The molecule has 24 heavy (non-hydrogen) atoms. The summed E-state index contributed by atoms with van der Waals surface area (Å²) in [4.78, 5) is 0. The molecule has 0 aromatic heterocycles. The number of ether oxygens (including phenoxy) is 2. The molecular weight excluding hydrogens is 328 g/mol. The first kappa shape index (κ1) is 18.3. The fourth-order valence-corrected chi connectivity index (χ4v) is 2.64. The van der Waals surface area contributed by atoms with Gasteiger partial charge in [-0.2, -0.15) is 8.42 Å². The first-order valence-electron chi connectivity index (χ1n) is 7.66. The van der Waals surface area contributed by atoms with Crippen molar-refractivity contribution in [3.63, 3.8) is 0 Å². The lowest BCUT2D eigenvalue weighted by Crippen LogP contribution is -2.06. The molecule has 0 aliphatic heterocycles. The second-order valence-electron chi connectivity index (χ2n) is 5.33. The van der Waals surface area contributed by atoms with E-state index in [4.69, 9.17) is 13.7 Å². The van der Waals surface area contributed by atoms with Crippen molar-refractivity contribution >= 4 is 10.1 Å². The van der Waals surface area contributed by atoms with E-state index in [9.17, 15) is 8.42 Å². The van der Waals surface area contributed by atoms with Gasteiger partial charge >= 0.3 is 0 Å². The van der Waals surface area contributed by atoms with Crippen molar-refractivity contribution in [1.29, 1.82) is 0 Å². The largest absolute Gasteiger partial charge is 0.496 e. The maximum Gasteiger partial charge on any atom is 0.264 e. The molecule has 0 aliphatic carbocycles. The van der Waals surface area contributed by atoms with E-state index < -0.39 is 10.1 Å². The van der Waals surface area contributed by atoms with Crippen LogP contribution in [0.5, 0.6) is 11.5 Å². The summed E-state index contributed by atoms with van der Waals surface area (Å²) in [6, 6.07) is 15.4. The van der Waals surface area contributed by atoms with Crippen LogP contribution in [0.4, 0.5) is 0 Å². The molecule has 0 aliphatic rings. The van der Waals surface area contributed by atoms with E-state index >= 15 is 0 Å². The highest BCUT2D eigenvalue weighted by molar-refractivity contribution is 7.85. The lowest BCUT2D eigenvalue weighted by Gasteiger charge is -2.10. The van der Waals surface area contributed by atoms with Gasteiger partial charge in [0.05, 0.1) is 26.6 Å². The molecule has 0 unspecified atom stereocenters. The first-order chi connectivity index (χ1) is 11.5. The number of rotatable bonds is 9. The van der Waals surface area contributed by atoms with Crippen LogP contribution in [-0.4, -0.2) is 35.0 Å². The van der Waals surface area contributed by atoms with Crippen LogP contribution >= 0.6 is 0 Å². The van der Waals surface area contributed by atoms with Crippen molar-refractivity contribution in [3.8, 4) is 11.5 Å². The molecule has 2 aromatic carbocycles. The number of para-hydroxylation sites is 1. The summed E-state index contributed by atoms with van der Waals surface area (Å²) in [5.74, 6) is 1.64. The van der Waals surface area contributed by atoms with Gasteiger partial charge in [0, 0.05) is 6.42 Å². The summed E-state index contributed by atoms with van der Waals surface area (Å²) in [5, 5.41) is 0. The molecule has 0 atom stereocenters. The smallest absolute Gasteiger partial charge is 0.264 e. The van der Waals surface area contributed by atoms with Crippen molar-refractivity contribution in [2.45, 2.75) is 12.8 Å². The topological polar surface area (TPSA) is 61.8 Å². The third kappa shape index (κ3) is 6.22. The summed E-state index contributed by atoms with van der Waals surface area (Å²) >= 11 is 0. The van der Waals surface area contributed by atoms with Crippen LogP contribution in [0, 0.1) is 0 Å². The zero-order chi connectivity index (χ0) is 17.4. The molecule has 0 N–H and O–H groups in total. The molecule has 5 nitrogen and oxygen atoms in total. The molecule has 130 valence electrons. The van der Waals surface area contributed by atoms with Crippen LogP contribution in [0.2, 0.25) is 0 Å². The zero-order valence-electron chi connectivity index (χ0n) is 13.9. The maximum absolute atomic E-state index is 10.9. The second-order valence-corrected chi connectivity index (χ2v) is 6.97. The van der Waals surface area contributed by atoms with Gasteiger partial charge in [0.1, 0.15) is 11.5 Å². The third-order valence-corrected chi connectivity index (χ3v) is 4.04. The highest BCUT2D eigenvalue weighted by Gasteiger charge is 2.04. The average Bonchev–Trinajstić information content (AvgIpc) is 2.55. The van der Waals surface area contributed by atoms with Crippen molar-refractivity contribution in [2.75, 3.05) is 26.6 Å². The fraction of sp³-hybridized carbons (Fsp3) is 0.333. The number of methoxy groups -OCH3 is 1. The normalized spacial score (nSPS) is 11.2. The summed E-state index contributed by atoms with van der Waals surface area (Å²) in [6.45, 7) is 0.698. The molecule has 0 amide bonds. The molecule has 2 rings (SSSR count). The molecule has 0 saturated heterocycles.